The Morgan fingerprint density at radius 1 is 1.17 bits per heavy atom. The van der Waals surface area contributed by atoms with Gasteiger partial charge in [-0.15, -0.1) is 0 Å². The summed E-state index contributed by atoms with van der Waals surface area (Å²) in [5, 5.41) is 0. The van der Waals surface area contributed by atoms with Crippen LogP contribution in [0.25, 0.3) is 0 Å². The molecule has 1 radical (unpaired) electrons. The van der Waals surface area contributed by atoms with Crippen LogP contribution in [0.3, 0.4) is 0 Å². The second kappa shape index (κ2) is 40.6. The molecule has 0 aromatic rings. The van der Waals surface area contributed by atoms with Crippen LogP contribution in [0, 0.1) is 0 Å². The SMILES string of the molecule is S=[Se].[AlH3].[Cu].[GaH3].[InH3]. The Morgan fingerprint density at radius 2 is 1.17 bits per heavy atom. The van der Waals surface area contributed by atoms with Gasteiger partial charge < -0.3 is 0 Å². The fraction of sp³-hybridized carbons (Fsp3) is 0. The monoisotopic (exact) mass is 395 g/mol. The van der Waals surface area contributed by atoms with Crippen LogP contribution in [0.2, 0.25) is 0 Å². The normalized spacial score (nSPS) is 0.667. The van der Waals surface area contributed by atoms with E-state index in [9.17, 15) is 0 Å². The second-order valence-electron chi connectivity index (χ2n) is 0. The molecule has 0 N–H and O–H groups in total. The quantitative estimate of drug-likeness (QED) is 0.388. The van der Waals surface area contributed by atoms with Gasteiger partial charge in [0.05, 0.1) is 0 Å². The molecule has 0 aliphatic rings. The van der Waals surface area contributed by atoms with Gasteiger partial charge in [-0.05, 0) is 0 Å². The van der Waals surface area contributed by atoms with E-state index in [4.69, 9.17) is 0 Å². The molecule has 0 spiro atoms. The Hall–Kier alpha value is 3.30. The molecule has 0 heterocycles. The fourth-order valence-electron chi connectivity index (χ4n) is 0. The first kappa shape index (κ1) is 34.7. The van der Waals surface area contributed by atoms with Gasteiger partial charge in [-0.3, -0.25) is 0 Å². The molecule has 41 valence electrons. The summed E-state index contributed by atoms with van der Waals surface area (Å²) < 4.78 is 0. The van der Waals surface area contributed by atoms with E-state index in [0.29, 0.717) is 0 Å². The van der Waals surface area contributed by atoms with Gasteiger partial charge in [-0.2, -0.15) is 0 Å². The number of hydrogen-bond acceptors (Lipinski definition) is 1. The summed E-state index contributed by atoms with van der Waals surface area (Å²) in [6, 6.07) is 0. The molecule has 0 fully saturated rings. The van der Waals surface area contributed by atoms with E-state index in [-0.39, 0.29) is 80.1 Å². The summed E-state index contributed by atoms with van der Waals surface area (Å²) >= 11 is 2.21. The second-order valence-corrected chi connectivity index (χ2v) is 0. The van der Waals surface area contributed by atoms with Crippen molar-refractivity contribution in [3.05, 3.63) is 0 Å². The summed E-state index contributed by atoms with van der Waals surface area (Å²) in [7, 11) is 3.96. The summed E-state index contributed by atoms with van der Waals surface area (Å²) in [5.41, 5.74) is 0. The van der Waals surface area contributed by atoms with Crippen molar-refractivity contribution in [2.45, 2.75) is 0 Å². The zero-order valence-electron chi connectivity index (χ0n) is 1.12. The van der Waals surface area contributed by atoms with Gasteiger partial charge in [-0.1, -0.05) is 0 Å². The molecule has 0 aliphatic carbocycles. The minimum absolute atomic E-state index is 0. The minimum atomic E-state index is 0. The molecule has 0 saturated heterocycles. The summed E-state index contributed by atoms with van der Waals surface area (Å²) in [5.74, 6) is 0. The fourth-order valence-corrected chi connectivity index (χ4v) is 0. The Morgan fingerprint density at radius 3 is 1.17 bits per heavy atom. The van der Waals surface area contributed by atoms with Crippen LogP contribution in [0.5, 0.6) is 0 Å². The van der Waals surface area contributed by atoms with Gasteiger partial charge in [-0.25, -0.2) is 0 Å². The van der Waals surface area contributed by atoms with Crippen LogP contribution in [0.15, 0.2) is 0 Å². The van der Waals surface area contributed by atoms with E-state index < -0.39 is 0 Å². The molecule has 0 aliphatic heterocycles. The Bertz CT molecular complexity index is 15.5. The standard InChI is InChI=1S/Al.Cu.Ga.In.SSe.9H/c;;;;1-2;;;;;;;;;. The third-order valence-corrected chi connectivity index (χ3v) is 0. The predicted molar refractivity (Wildman–Crippen MR) is 43.2 cm³/mol. The van der Waals surface area contributed by atoms with Crippen LogP contribution in [-0.2, 0) is 17.1 Å². The molecule has 0 aromatic heterocycles. The van der Waals surface area contributed by atoms with Gasteiger partial charge in [0.2, 0.25) is 0 Å². The Balaban J connectivity index is -0.000000000833. The average Bonchev–Trinajstić information content (AvgIpc) is 1.00. The molecular formula is H9AlCuGaInSSe. The van der Waals surface area contributed by atoms with E-state index in [1.165, 1.54) is 0 Å². The van der Waals surface area contributed by atoms with E-state index in [1.807, 2.05) is 0 Å². The number of hydrogen-bond donors (Lipinski definition) is 0. The first-order chi connectivity index (χ1) is 1.00. The average molecular weight is 395 g/mol. The number of rotatable bonds is 0. The molecule has 0 nitrogen and oxygen atoms in total. The topological polar surface area (TPSA) is 0 Å². The van der Waals surface area contributed by atoms with Crippen molar-refractivity contribution >= 4 is 87.9 Å². The maximum atomic E-state index is 3.96. The third-order valence-electron chi connectivity index (χ3n) is 0. The summed E-state index contributed by atoms with van der Waals surface area (Å²) in [6.45, 7) is 0. The molecule has 6 heavy (non-hydrogen) atoms. The molecule has 0 saturated carbocycles. The first-order valence-corrected chi connectivity index (χ1v) is 2.60. The van der Waals surface area contributed by atoms with Gasteiger partial charge in [0.15, 0.2) is 17.4 Å². The van der Waals surface area contributed by atoms with Crippen LogP contribution < -0.4 is 0 Å². The predicted octanol–water partition coefficient (Wildman–Crippen LogP) is -3.29. The maximum absolute atomic E-state index is 3.96. The Labute approximate surface area is 103 Å². The van der Waals surface area contributed by atoms with Gasteiger partial charge >= 0.3 is 70.6 Å². The molecule has 0 unspecified atom stereocenters. The van der Waals surface area contributed by atoms with Crippen molar-refractivity contribution in [3.63, 3.8) is 0 Å². The van der Waals surface area contributed by atoms with Crippen LogP contribution in [0.4, 0.5) is 0 Å². The summed E-state index contributed by atoms with van der Waals surface area (Å²) in [6.07, 6.45) is 0. The van der Waals surface area contributed by atoms with E-state index in [2.05, 4.69) is 24.9 Å². The first-order valence-electron chi connectivity index (χ1n) is 0.167. The van der Waals surface area contributed by atoms with Crippen molar-refractivity contribution in [3.8, 4) is 0 Å². The summed E-state index contributed by atoms with van der Waals surface area (Å²) in [4.78, 5) is 0. The van der Waals surface area contributed by atoms with Crippen molar-refractivity contribution in [2.24, 2.45) is 0 Å². The van der Waals surface area contributed by atoms with Crippen molar-refractivity contribution in [1.29, 1.82) is 0 Å². The molecule has 0 amide bonds. The third kappa shape index (κ3) is 26.6. The molecule has 0 aromatic carbocycles. The molecule has 0 bridgehead atoms. The van der Waals surface area contributed by atoms with Gasteiger partial charge in [0, 0.05) is 17.1 Å². The zero-order chi connectivity index (χ0) is 2.00. The molecule has 0 atom stereocenters. The van der Waals surface area contributed by atoms with Crippen molar-refractivity contribution < 1.29 is 17.1 Å². The molecular weight excluding hydrogens is 386 g/mol. The van der Waals surface area contributed by atoms with E-state index in [0.717, 1.165) is 0 Å². The molecule has 6 heteroatoms. The van der Waals surface area contributed by atoms with Gasteiger partial charge in [0.1, 0.15) is 0 Å². The Kier molecular flexibility index (Phi) is 235. The van der Waals surface area contributed by atoms with Crippen LogP contribution in [0.1, 0.15) is 0 Å². The van der Waals surface area contributed by atoms with E-state index >= 15 is 0 Å². The zero-order valence-corrected chi connectivity index (χ0v) is 4.59. The van der Waals surface area contributed by atoms with Crippen molar-refractivity contribution in [2.75, 3.05) is 0 Å². The van der Waals surface area contributed by atoms with Crippen LogP contribution >= 0.6 is 10.6 Å². The molecule has 0 rings (SSSR count). The van der Waals surface area contributed by atoms with Crippen LogP contribution in [-0.4, -0.2) is 77.4 Å². The van der Waals surface area contributed by atoms with E-state index in [1.54, 1.807) is 0 Å². The van der Waals surface area contributed by atoms with Gasteiger partial charge in [0.25, 0.3) is 0 Å². The van der Waals surface area contributed by atoms with Crippen molar-refractivity contribution in [1.82, 2.24) is 0 Å².